The van der Waals surface area contributed by atoms with Gasteiger partial charge in [-0.25, -0.2) is 0 Å². The number of carbonyl (C=O) groups is 1. The van der Waals surface area contributed by atoms with Crippen molar-refractivity contribution in [1.29, 1.82) is 0 Å². The highest BCUT2D eigenvalue weighted by molar-refractivity contribution is 5.76. The molecule has 0 radical (unpaired) electrons. The number of amides is 1. The fourth-order valence-electron chi connectivity index (χ4n) is 8.42. The molecule has 2 unspecified atom stereocenters. The van der Waals surface area contributed by atoms with E-state index in [1.165, 1.54) is 225 Å². The number of unbranched alkanes of at least 4 members (excludes halogenated alkanes) is 36. The minimum absolute atomic E-state index is 0.0819. The molecule has 0 saturated carbocycles. The summed E-state index contributed by atoms with van der Waals surface area (Å²) in [6.07, 6.45) is 76.7. The zero-order chi connectivity index (χ0) is 45.6. The van der Waals surface area contributed by atoms with Crippen molar-refractivity contribution in [3.05, 3.63) is 60.8 Å². The standard InChI is InChI=1S/C59H109NO3/c1-3-5-7-9-11-13-15-17-19-21-23-24-25-26-27-28-29-30-31-32-33-34-35-37-38-40-42-44-46-48-50-52-54-58(62)57(56-61)60-59(63)55-53-51-49-47-45-43-41-39-36-22-20-18-16-14-12-10-8-6-4-2/h12,14,18,20,37-38,44,46,52,54,57-58,61-62H,3-11,13,15-17,19,21-36,39-43,45,47-51,53,55-56H2,1-2H3,(H,60,63)/b14-12-,20-18-,38-37+,46-44+,54-52+. The van der Waals surface area contributed by atoms with Crippen LogP contribution >= 0.6 is 0 Å². The second-order valence-electron chi connectivity index (χ2n) is 19.0. The fourth-order valence-corrected chi connectivity index (χ4v) is 8.42. The molecule has 0 aliphatic heterocycles. The molecule has 4 heteroatoms. The number of rotatable bonds is 51. The van der Waals surface area contributed by atoms with Crippen molar-refractivity contribution in [3.63, 3.8) is 0 Å². The second kappa shape index (κ2) is 54.4. The quantitative estimate of drug-likeness (QED) is 0.0421. The summed E-state index contributed by atoms with van der Waals surface area (Å²) in [7, 11) is 0. The predicted molar refractivity (Wildman–Crippen MR) is 281 cm³/mol. The Morgan fingerprint density at radius 2 is 0.667 bits per heavy atom. The van der Waals surface area contributed by atoms with E-state index in [2.05, 4.69) is 67.8 Å². The molecule has 0 aromatic rings. The SMILES string of the molecule is CCCCC/C=C\C/C=C\CCCCCCCCCCCC(=O)NC(CO)C(O)/C=C/CC/C=C/CC/C=C/CCCCCCCCCCCCCCCCCCCCCCCC. The molecule has 1 amide bonds. The molecule has 0 aliphatic carbocycles. The number of nitrogens with one attached hydrogen (secondary N) is 1. The van der Waals surface area contributed by atoms with Gasteiger partial charge in [0.05, 0.1) is 18.8 Å². The number of hydrogen-bond donors (Lipinski definition) is 3. The molecule has 0 heterocycles. The van der Waals surface area contributed by atoms with E-state index in [4.69, 9.17) is 0 Å². The van der Waals surface area contributed by atoms with Crippen LogP contribution in [0, 0.1) is 0 Å². The molecule has 368 valence electrons. The lowest BCUT2D eigenvalue weighted by atomic mass is 10.0. The average molecular weight is 881 g/mol. The molecule has 0 bridgehead atoms. The van der Waals surface area contributed by atoms with Gasteiger partial charge in [-0.05, 0) is 77.0 Å². The van der Waals surface area contributed by atoms with Gasteiger partial charge >= 0.3 is 0 Å². The van der Waals surface area contributed by atoms with Crippen molar-refractivity contribution in [2.75, 3.05) is 6.61 Å². The van der Waals surface area contributed by atoms with E-state index < -0.39 is 12.1 Å². The van der Waals surface area contributed by atoms with E-state index in [9.17, 15) is 15.0 Å². The van der Waals surface area contributed by atoms with Crippen molar-refractivity contribution in [2.45, 2.75) is 302 Å². The van der Waals surface area contributed by atoms with E-state index in [-0.39, 0.29) is 12.5 Å². The third-order valence-corrected chi connectivity index (χ3v) is 12.7. The first-order chi connectivity index (χ1) is 31.2. The molecular formula is C59H109NO3. The van der Waals surface area contributed by atoms with Gasteiger partial charge in [-0.2, -0.15) is 0 Å². The van der Waals surface area contributed by atoms with Gasteiger partial charge in [-0.15, -0.1) is 0 Å². The fraction of sp³-hybridized carbons (Fsp3) is 0.814. The molecule has 0 rings (SSSR count). The highest BCUT2D eigenvalue weighted by Gasteiger charge is 2.18. The Hall–Kier alpha value is -1.91. The molecule has 63 heavy (non-hydrogen) atoms. The number of hydrogen-bond acceptors (Lipinski definition) is 3. The number of aliphatic hydroxyl groups is 2. The maximum Gasteiger partial charge on any atom is 0.220 e. The lowest BCUT2D eigenvalue weighted by Crippen LogP contribution is -2.45. The van der Waals surface area contributed by atoms with Gasteiger partial charge in [-0.3, -0.25) is 4.79 Å². The summed E-state index contributed by atoms with van der Waals surface area (Å²) in [5.41, 5.74) is 0. The molecule has 3 N–H and O–H groups in total. The molecule has 0 spiro atoms. The Kier molecular flexibility index (Phi) is 52.8. The third kappa shape index (κ3) is 50.9. The molecule has 0 aromatic carbocycles. The van der Waals surface area contributed by atoms with E-state index >= 15 is 0 Å². The topological polar surface area (TPSA) is 69.6 Å². The van der Waals surface area contributed by atoms with Gasteiger partial charge in [0.25, 0.3) is 0 Å². The maximum atomic E-state index is 12.4. The molecule has 0 fully saturated rings. The smallest absolute Gasteiger partial charge is 0.220 e. The summed E-state index contributed by atoms with van der Waals surface area (Å²) in [5.74, 6) is -0.0819. The number of aliphatic hydroxyl groups excluding tert-OH is 2. The van der Waals surface area contributed by atoms with Crippen LogP contribution < -0.4 is 5.32 Å². The minimum atomic E-state index is -0.875. The van der Waals surface area contributed by atoms with Gasteiger partial charge in [0.2, 0.25) is 5.91 Å². The van der Waals surface area contributed by atoms with Gasteiger partial charge in [0.15, 0.2) is 0 Å². The van der Waals surface area contributed by atoms with Crippen molar-refractivity contribution in [1.82, 2.24) is 5.32 Å². The summed E-state index contributed by atoms with van der Waals surface area (Å²) in [5, 5.41) is 23.1. The van der Waals surface area contributed by atoms with Crippen LogP contribution in [0.5, 0.6) is 0 Å². The average Bonchev–Trinajstić information content (AvgIpc) is 3.29. The summed E-state index contributed by atoms with van der Waals surface area (Å²) in [4.78, 5) is 12.4. The largest absolute Gasteiger partial charge is 0.394 e. The monoisotopic (exact) mass is 880 g/mol. The van der Waals surface area contributed by atoms with Crippen molar-refractivity contribution in [3.8, 4) is 0 Å². The maximum absolute atomic E-state index is 12.4. The van der Waals surface area contributed by atoms with Crippen LogP contribution in [0.4, 0.5) is 0 Å². The van der Waals surface area contributed by atoms with Gasteiger partial charge in [-0.1, -0.05) is 267 Å². The summed E-state index contributed by atoms with van der Waals surface area (Å²) < 4.78 is 0. The summed E-state index contributed by atoms with van der Waals surface area (Å²) in [6, 6.07) is -0.651. The van der Waals surface area contributed by atoms with Crippen LogP contribution in [-0.2, 0) is 4.79 Å². The van der Waals surface area contributed by atoms with Crippen LogP contribution in [0.2, 0.25) is 0 Å². The van der Waals surface area contributed by atoms with Gasteiger partial charge in [0.1, 0.15) is 0 Å². The first-order valence-corrected chi connectivity index (χ1v) is 28.0. The van der Waals surface area contributed by atoms with E-state index in [1.807, 2.05) is 6.08 Å². The van der Waals surface area contributed by atoms with Crippen molar-refractivity contribution in [2.24, 2.45) is 0 Å². The molecule has 0 aromatic heterocycles. The minimum Gasteiger partial charge on any atom is -0.394 e. The third-order valence-electron chi connectivity index (χ3n) is 12.7. The first-order valence-electron chi connectivity index (χ1n) is 28.0. The number of carbonyl (C=O) groups excluding carboxylic acids is 1. The zero-order valence-electron chi connectivity index (χ0n) is 42.3. The normalized spacial score (nSPS) is 13.3. The molecule has 0 saturated heterocycles. The second-order valence-corrected chi connectivity index (χ2v) is 19.0. The zero-order valence-corrected chi connectivity index (χ0v) is 42.3. The molecule has 2 atom stereocenters. The Labute approximate surface area is 394 Å². The molecule has 4 nitrogen and oxygen atoms in total. The highest BCUT2D eigenvalue weighted by Crippen LogP contribution is 2.16. The molecular weight excluding hydrogens is 771 g/mol. The Balaban J connectivity index is 3.55. The van der Waals surface area contributed by atoms with E-state index in [0.29, 0.717) is 6.42 Å². The van der Waals surface area contributed by atoms with Crippen molar-refractivity contribution < 1.29 is 15.0 Å². The van der Waals surface area contributed by atoms with E-state index in [1.54, 1.807) is 6.08 Å². The van der Waals surface area contributed by atoms with Crippen LogP contribution in [0.3, 0.4) is 0 Å². The Bertz CT molecular complexity index is 1040. The first kappa shape index (κ1) is 61.1. The predicted octanol–water partition coefficient (Wildman–Crippen LogP) is 18.4. The Morgan fingerprint density at radius 3 is 1.05 bits per heavy atom. The van der Waals surface area contributed by atoms with Crippen LogP contribution in [0.15, 0.2) is 60.8 Å². The molecule has 0 aliphatic rings. The van der Waals surface area contributed by atoms with Crippen LogP contribution in [0.1, 0.15) is 290 Å². The van der Waals surface area contributed by atoms with Crippen LogP contribution in [0.25, 0.3) is 0 Å². The lowest BCUT2D eigenvalue weighted by molar-refractivity contribution is -0.123. The lowest BCUT2D eigenvalue weighted by Gasteiger charge is -2.19. The number of allylic oxidation sites excluding steroid dienone is 9. The van der Waals surface area contributed by atoms with Gasteiger partial charge < -0.3 is 15.5 Å². The summed E-state index contributed by atoms with van der Waals surface area (Å²) >= 11 is 0. The van der Waals surface area contributed by atoms with Crippen molar-refractivity contribution >= 4 is 5.91 Å². The Morgan fingerprint density at radius 1 is 0.381 bits per heavy atom. The van der Waals surface area contributed by atoms with Crippen LogP contribution in [-0.4, -0.2) is 34.9 Å². The highest BCUT2D eigenvalue weighted by atomic mass is 16.3. The summed E-state index contributed by atoms with van der Waals surface area (Å²) in [6.45, 7) is 4.29. The van der Waals surface area contributed by atoms with E-state index in [0.717, 1.165) is 44.9 Å². The van der Waals surface area contributed by atoms with Gasteiger partial charge in [0, 0.05) is 6.42 Å².